The lowest BCUT2D eigenvalue weighted by Gasteiger charge is -2.20. The van der Waals surface area contributed by atoms with Crippen molar-refractivity contribution in [3.63, 3.8) is 0 Å². The Morgan fingerprint density at radius 2 is 1.76 bits per heavy atom. The number of rotatable bonds is 5. The predicted molar refractivity (Wildman–Crippen MR) is 123 cm³/mol. The molecule has 2 aromatic heterocycles. The zero-order valence-electron chi connectivity index (χ0n) is 16.0. The van der Waals surface area contributed by atoms with Crippen LogP contribution in [0, 0.1) is 0 Å². The number of hydrogen-bond acceptors (Lipinski definition) is 5. The highest BCUT2D eigenvalue weighted by Gasteiger charge is 2.22. The smallest absolute Gasteiger partial charge is 0.260 e. The Morgan fingerprint density at radius 3 is 2.45 bits per heavy atom. The Morgan fingerprint density at radius 1 is 1.03 bits per heavy atom. The van der Waals surface area contributed by atoms with Gasteiger partial charge in [0.05, 0.1) is 16.8 Å². The van der Waals surface area contributed by atoms with Crippen LogP contribution in [-0.2, 0) is 6.54 Å². The van der Waals surface area contributed by atoms with E-state index < -0.39 is 0 Å². The van der Waals surface area contributed by atoms with Gasteiger partial charge >= 0.3 is 0 Å². The summed E-state index contributed by atoms with van der Waals surface area (Å²) >= 11 is 5.01. The number of nitrogens with zero attached hydrogens (tertiary/aromatic N) is 4. The van der Waals surface area contributed by atoms with Crippen molar-refractivity contribution in [3.8, 4) is 0 Å². The summed E-state index contributed by atoms with van der Waals surface area (Å²) in [6.07, 6.45) is 3.47. The van der Waals surface area contributed by atoms with Crippen molar-refractivity contribution in [3.05, 3.63) is 82.6 Å². The molecule has 0 aliphatic heterocycles. The molecule has 4 rings (SSSR count). The van der Waals surface area contributed by atoms with Crippen LogP contribution in [0.1, 0.15) is 15.9 Å². The van der Waals surface area contributed by atoms with E-state index in [1.54, 1.807) is 17.3 Å². The number of hydrogen-bond donors (Lipinski definition) is 0. The van der Waals surface area contributed by atoms with Gasteiger partial charge in [0, 0.05) is 42.2 Å². The van der Waals surface area contributed by atoms with E-state index in [1.807, 2.05) is 73.6 Å². The zero-order valence-corrected chi connectivity index (χ0v) is 18.4. The highest BCUT2D eigenvalue weighted by Crippen LogP contribution is 2.32. The fourth-order valence-electron chi connectivity index (χ4n) is 2.96. The molecule has 0 radical (unpaired) electrons. The standard InChI is InChI=1S/C22H19BrN4OS/c1-26(2)18-6-3-16(4-7-18)21(28)27(14-15-9-11-24-12-10-15)22-25-19-8-5-17(23)13-20(19)29-22/h3-13H,14H2,1-2H3. The van der Waals surface area contributed by atoms with Gasteiger partial charge in [-0.05, 0) is 60.2 Å². The van der Waals surface area contributed by atoms with Crippen LogP contribution in [0.4, 0.5) is 10.8 Å². The summed E-state index contributed by atoms with van der Waals surface area (Å²) in [6.45, 7) is 0.428. The van der Waals surface area contributed by atoms with Crippen molar-refractivity contribution in [2.75, 3.05) is 23.9 Å². The van der Waals surface area contributed by atoms with E-state index in [0.29, 0.717) is 17.2 Å². The Hall–Kier alpha value is -2.77. The van der Waals surface area contributed by atoms with E-state index in [4.69, 9.17) is 4.98 Å². The molecule has 0 aliphatic rings. The number of carbonyl (C=O) groups excluding carboxylic acids is 1. The van der Waals surface area contributed by atoms with Gasteiger partial charge < -0.3 is 4.90 Å². The summed E-state index contributed by atoms with van der Waals surface area (Å²) in [4.78, 5) is 26.0. The minimum Gasteiger partial charge on any atom is -0.378 e. The number of aromatic nitrogens is 2. The Balaban J connectivity index is 1.73. The largest absolute Gasteiger partial charge is 0.378 e. The van der Waals surface area contributed by atoms with Gasteiger partial charge in [-0.2, -0.15) is 0 Å². The summed E-state index contributed by atoms with van der Waals surface area (Å²) in [5.41, 5.74) is 3.56. The molecule has 0 aliphatic carbocycles. The normalized spacial score (nSPS) is 10.9. The van der Waals surface area contributed by atoms with Gasteiger partial charge in [-0.1, -0.05) is 27.3 Å². The molecular weight excluding hydrogens is 448 g/mol. The maximum absolute atomic E-state index is 13.4. The molecule has 0 fully saturated rings. The second kappa shape index (κ2) is 8.31. The van der Waals surface area contributed by atoms with Crippen LogP contribution in [0.2, 0.25) is 0 Å². The first kappa shape index (κ1) is 19.5. The lowest BCUT2D eigenvalue weighted by Crippen LogP contribution is -2.30. The van der Waals surface area contributed by atoms with Crippen molar-refractivity contribution >= 4 is 54.2 Å². The molecule has 0 N–H and O–H groups in total. The molecule has 146 valence electrons. The van der Waals surface area contributed by atoms with Crippen LogP contribution >= 0.6 is 27.3 Å². The number of anilines is 2. The molecule has 0 unspecified atom stereocenters. The minimum absolute atomic E-state index is 0.0785. The van der Waals surface area contributed by atoms with E-state index in [1.165, 1.54) is 11.3 Å². The van der Waals surface area contributed by atoms with Crippen molar-refractivity contribution in [1.29, 1.82) is 0 Å². The Kier molecular flexibility index (Phi) is 5.60. The summed E-state index contributed by atoms with van der Waals surface area (Å²) in [5.74, 6) is -0.0785. The summed E-state index contributed by atoms with van der Waals surface area (Å²) in [5, 5.41) is 0.677. The molecule has 0 saturated carbocycles. The number of benzene rings is 2. The number of carbonyl (C=O) groups is 1. The van der Waals surface area contributed by atoms with Crippen LogP contribution < -0.4 is 9.80 Å². The summed E-state index contributed by atoms with van der Waals surface area (Å²) in [7, 11) is 3.96. The molecule has 0 bridgehead atoms. The maximum atomic E-state index is 13.4. The van der Waals surface area contributed by atoms with Crippen molar-refractivity contribution in [1.82, 2.24) is 9.97 Å². The summed E-state index contributed by atoms with van der Waals surface area (Å²) < 4.78 is 2.02. The van der Waals surface area contributed by atoms with Crippen LogP contribution in [0.3, 0.4) is 0 Å². The van der Waals surface area contributed by atoms with E-state index in [0.717, 1.165) is 25.9 Å². The highest BCUT2D eigenvalue weighted by molar-refractivity contribution is 9.10. The Labute approximate surface area is 181 Å². The average molecular weight is 467 g/mol. The van der Waals surface area contributed by atoms with Gasteiger partial charge in [-0.3, -0.25) is 14.7 Å². The topological polar surface area (TPSA) is 49.3 Å². The SMILES string of the molecule is CN(C)c1ccc(C(=O)N(Cc2ccncc2)c2nc3ccc(Br)cc3s2)cc1. The van der Waals surface area contributed by atoms with Gasteiger partial charge in [0.15, 0.2) is 5.13 Å². The van der Waals surface area contributed by atoms with E-state index in [-0.39, 0.29) is 5.91 Å². The van der Waals surface area contributed by atoms with Crippen LogP contribution in [0.15, 0.2) is 71.5 Å². The molecule has 7 heteroatoms. The monoisotopic (exact) mass is 466 g/mol. The second-order valence-electron chi connectivity index (χ2n) is 6.80. The predicted octanol–water partition coefficient (Wildman–Crippen LogP) is 5.37. The first-order valence-corrected chi connectivity index (χ1v) is 10.7. The first-order valence-electron chi connectivity index (χ1n) is 9.05. The zero-order chi connectivity index (χ0) is 20.4. The molecule has 2 heterocycles. The third kappa shape index (κ3) is 4.31. The maximum Gasteiger partial charge on any atom is 0.260 e. The molecule has 0 spiro atoms. The van der Waals surface area contributed by atoms with Crippen LogP contribution in [0.5, 0.6) is 0 Å². The van der Waals surface area contributed by atoms with Crippen LogP contribution in [0.25, 0.3) is 10.2 Å². The van der Waals surface area contributed by atoms with E-state index in [2.05, 4.69) is 20.9 Å². The first-order chi connectivity index (χ1) is 14.0. The van der Waals surface area contributed by atoms with E-state index in [9.17, 15) is 4.79 Å². The average Bonchev–Trinajstić information content (AvgIpc) is 3.15. The van der Waals surface area contributed by atoms with Crippen molar-refractivity contribution in [2.24, 2.45) is 0 Å². The molecule has 0 saturated heterocycles. The number of halogens is 1. The van der Waals surface area contributed by atoms with Gasteiger partial charge in [0.2, 0.25) is 0 Å². The third-order valence-corrected chi connectivity index (χ3v) is 6.07. The van der Waals surface area contributed by atoms with E-state index >= 15 is 0 Å². The van der Waals surface area contributed by atoms with Gasteiger partial charge in [0.25, 0.3) is 5.91 Å². The number of thiazole rings is 1. The highest BCUT2D eigenvalue weighted by atomic mass is 79.9. The summed E-state index contributed by atoms with van der Waals surface area (Å²) in [6, 6.07) is 17.4. The fourth-order valence-corrected chi connectivity index (χ4v) is 4.47. The molecule has 29 heavy (non-hydrogen) atoms. The van der Waals surface area contributed by atoms with Crippen molar-refractivity contribution in [2.45, 2.75) is 6.54 Å². The molecule has 4 aromatic rings. The molecule has 0 atom stereocenters. The van der Waals surface area contributed by atoms with Crippen molar-refractivity contribution < 1.29 is 4.79 Å². The third-order valence-electron chi connectivity index (χ3n) is 4.54. The van der Waals surface area contributed by atoms with Gasteiger partial charge in [-0.15, -0.1) is 0 Å². The lowest BCUT2D eigenvalue weighted by atomic mass is 10.1. The molecule has 1 amide bonds. The quantitative estimate of drug-likeness (QED) is 0.396. The number of pyridine rings is 1. The van der Waals surface area contributed by atoms with Gasteiger partial charge in [-0.25, -0.2) is 4.98 Å². The molecule has 2 aromatic carbocycles. The molecule has 5 nitrogen and oxygen atoms in total. The lowest BCUT2D eigenvalue weighted by molar-refractivity contribution is 0.0985. The second-order valence-corrected chi connectivity index (χ2v) is 8.72. The van der Waals surface area contributed by atoms with Gasteiger partial charge in [0.1, 0.15) is 0 Å². The molecular formula is C22H19BrN4OS. The fraction of sp³-hybridized carbons (Fsp3) is 0.136. The number of fused-ring (bicyclic) bond motifs is 1. The number of amides is 1. The van der Waals surface area contributed by atoms with Crippen LogP contribution in [-0.4, -0.2) is 30.0 Å². The minimum atomic E-state index is -0.0785. The Bertz CT molecular complexity index is 1140.